The van der Waals surface area contributed by atoms with Gasteiger partial charge in [-0.1, -0.05) is 0 Å². The van der Waals surface area contributed by atoms with Gasteiger partial charge in [-0.3, -0.25) is 4.57 Å². The standard InChI is InChI=1S/C16H25N7O3/c1-15(2)25-12-10(6-22(3)5-4-17)24-7-16(12,26-15)23-9-21-11-13(18)19-8-20-14(11)23/h8-10,12H,4-7,17H2,1-3H3,(H2,18,19,20)/t10-,12-,16+/m1/s1. The van der Waals surface area contributed by atoms with Gasteiger partial charge in [-0.2, -0.15) is 0 Å². The van der Waals surface area contributed by atoms with Crippen LogP contribution in [0.2, 0.25) is 0 Å². The monoisotopic (exact) mass is 363 g/mol. The largest absolute Gasteiger partial charge is 0.382 e. The van der Waals surface area contributed by atoms with Crippen LogP contribution in [0.3, 0.4) is 0 Å². The Kier molecular flexibility index (Phi) is 4.12. The molecule has 2 saturated heterocycles. The van der Waals surface area contributed by atoms with Crippen LogP contribution >= 0.6 is 0 Å². The number of likely N-dealkylation sites (N-methyl/N-ethyl adjacent to an activating group) is 1. The summed E-state index contributed by atoms with van der Waals surface area (Å²) in [6, 6.07) is 0. The SMILES string of the molecule is CN(CCN)C[C@H]1OC[C@]2(n3cnc4c(N)ncnc43)OC(C)(C)O[C@H]12. The highest BCUT2D eigenvalue weighted by Crippen LogP contribution is 2.47. The molecule has 2 aromatic heterocycles. The molecular weight excluding hydrogens is 338 g/mol. The summed E-state index contributed by atoms with van der Waals surface area (Å²) in [5, 5.41) is 0. The van der Waals surface area contributed by atoms with Gasteiger partial charge in [-0.25, -0.2) is 15.0 Å². The molecule has 0 spiro atoms. The predicted molar refractivity (Wildman–Crippen MR) is 94.0 cm³/mol. The maximum atomic E-state index is 6.36. The highest BCUT2D eigenvalue weighted by Gasteiger charge is 2.62. The topological polar surface area (TPSA) is 127 Å². The summed E-state index contributed by atoms with van der Waals surface area (Å²) < 4.78 is 20.5. The molecule has 0 saturated carbocycles. The van der Waals surface area contributed by atoms with E-state index < -0.39 is 11.5 Å². The Morgan fingerprint density at radius 3 is 2.92 bits per heavy atom. The molecule has 10 heteroatoms. The van der Waals surface area contributed by atoms with Crippen LogP contribution in [0, 0.1) is 0 Å². The predicted octanol–water partition coefficient (Wildman–Crippen LogP) is -0.498. The van der Waals surface area contributed by atoms with Gasteiger partial charge in [0.1, 0.15) is 24.1 Å². The van der Waals surface area contributed by atoms with Gasteiger partial charge < -0.3 is 30.6 Å². The van der Waals surface area contributed by atoms with Gasteiger partial charge in [0, 0.05) is 19.6 Å². The third-order valence-electron chi connectivity index (χ3n) is 4.89. The molecule has 2 aromatic rings. The van der Waals surface area contributed by atoms with Crippen LogP contribution in [0.25, 0.3) is 11.2 Å². The second kappa shape index (κ2) is 6.10. The Morgan fingerprint density at radius 2 is 2.15 bits per heavy atom. The van der Waals surface area contributed by atoms with Crippen molar-refractivity contribution in [1.29, 1.82) is 0 Å². The zero-order valence-electron chi connectivity index (χ0n) is 15.3. The van der Waals surface area contributed by atoms with E-state index in [1.165, 1.54) is 6.33 Å². The second-order valence-electron chi connectivity index (χ2n) is 7.33. The van der Waals surface area contributed by atoms with Crippen molar-refractivity contribution < 1.29 is 14.2 Å². The molecule has 0 aliphatic carbocycles. The maximum Gasteiger partial charge on any atom is 0.203 e. The number of nitrogens with zero attached hydrogens (tertiary/aromatic N) is 5. The van der Waals surface area contributed by atoms with Crippen molar-refractivity contribution in [2.45, 2.75) is 37.6 Å². The number of aromatic nitrogens is 4. The lowest BCUT2D eigenvalue weighted by Crippen LogP contribution is -2.46. The fourth-order valence-electron chi connectivity index (χ4n) is 3.85. The van der Waals surface area contributed by atoms with Crippen LogP contribution in [0.5, 0.6) is 0 Å². The number of hydrogen-bond acceptors (Lipinski definition) is 9. The Morgan fingerprint density at radius 1 is 1.35 bits per heavy atom. The fourth-order valence-corrected chi connectivity index (χ4v) is 3.85. The molecule has 10 nitrogen and oxygen atoms in total. The van der Waals surface area contributed by atoms with Crippen LogP contribution in [-0.2, 0) is 19.9 Å². The van der Waals surface area contributed by atoms with Crippen LogP contribution in [0.15, 0.2) is 12.7 Å². The molecule has 2 aliphatic heterocycles. The molecule has 0 bridgehead atoms. The minimum absolute atomic E-state index is 0.162. The zero-order chi connectivity index (χ0) is 18.5. The van der Waals surface area contributed by atoms with E-state index >= 15 is 0 Å². The van der Waals surface area contributed by atoms with E-state index in [2.05, 4.69) is 19.9 Å². The van der Waals surface area contributed by atoms with Gasteiger partial charge >= 0.3 is 0 Å². The average Bonchev–Trinajstić information content (AvgIpc) is 3.20. The first-order valence-electron chi connectivity index (χ1n) is 8.68. The molecule has 142 valence electrons. The Bertz CT molecular complexity index is 810. The number of nitrogens with two attached hydrogens (primary N) is 2. The smallest absolute Gasteiger partial charge is 0.203 e. The number of imidazole rings is 1. The summed E-state index contributed by atoms with van der Waals surface area (Å²) in [5.41, 5.74) is 11.9. The number of anilines is 1. The van der Waals surface area contributed by atoms with Gasteiger partial charge in [0.25, 0.3) is 0 Å². The first kappa shape index (κ1) is 17.6. The molecule has 26 heavy (non-hydrogen) atoms. The van der Waals surface area contributed by atoms with E-state index in [9.17, 15) is 0 Å². The molecule has 0 aromatic carbocycles. The van der Waals surface area contributed by atoms with Gasteiger partial charge in [0.2, 0.25) is 5.72 Å². The van der Waals surface area contributed by atoms with Crippen molar-refractivity contribution in [2.75, 3.05) is 39.0 Å². The zero-order valence-corrected chi connectivity index (χ0v) is 15.3. The van der Waals surface area contributed by atoms with Gasteiger partial charge in [-0.15, -0.1) is 0 Å². The van der Waals surface area contributed by atoms with Crippen molar-refractivity contribution in [1.82, 2.24) is 24.4 Å². The summed E-state index contributed by atoms with van der Waals surface area (Å²) in [5.74, 6) is -0.424. The summed E-state index contributed by atoms with van der Waals surface area (Å²) in [4.78, 5) is 14.9. The molecule has 4 rings (SSSR count). The molecule has 2 aliphatic rings. The molecule has 0 unspecified atom stereocenters. The highest BCUT2D eigenvalue weighted by atomic mass is 16.8. The average molecular weight is 363 g/mol. The fraction of sp³-hybridized carbons (Fsp3) is 0.688. The quantitative estimate of drug-likeness (QED) is 0.723. The van der Waals surface area contributed by atoms with E-state index in [1.807, 2.05) is 25.5 Å². The summed E-state index contributed by atoms with van der Waals surface area (Å²) in [6.45, 7) is 6.18. The molecule has 3 atom stereocenters. The van der Waals surface area contributed by atoms with E-state index in [0.29, 0.717) is 36.7 Å². The molecule has 0 radical (unpaired) electrons. The lowest BCUT2D eigenvalue weighted by molar-refractivity contribution is -0.205. The lowest BCUT2D eigenvalue weighted by Gasteiger charge is -2.29. The minimum Gasteiger partial charge on any atom is -0.382 e. The molecule has 4 heterocycles. The Balaban J connectivity index is 1.73. The summed E-state index contributed by atoms with van der Waals surface area (Å²) >= 11 is 0. The van der Waals surface area contributed by atoms with Crippen LogP contribution in [-0.4, -0.2) is 75.7 Å². The van der Waals surface area contributed by atoms with Crippen LogP contribution < -0.4 is 11.5 Å². The van der Waals surface area contributed by atoms with Crippen LogP contribution in [0.4, 0.5) is 5.82 Å². The van der Waals surface area contributed by atoms with Crippen molar-refractivity contribution in [3.05, 3.63) is 12.7 Å². The van der Waals surface area contributed by atoms with Gasteiger partial charge in [0.15, 0.2) is 17.3 Å². The Labute approximate surface area is 151 Å². The molecule has 2 fully saturated rings. The van der Waals surface area contributed by atoms with Crippen molar-refractivity contribution in [3.8, 4) is 0 Å². The van der Waals surface area contributed by atoms with Crippen molar-refractivity contribution >= 4 is 17.0 Å². The third kappa shape index (κ3) is 2.65. The lowest BCUT2D eigenvalue weighted by atomic mass is 10.0. The van der Waals surface area contributed by atoms with Crippen LogP contribution in [0.1, 0.15) is 13.8 Å². The third-order valence-corrected chi connectivity index (χ3v) is 4.89. The molecule has 4 N–H and O–H groups in total. The van der Waals surface area contributed by atoms with Gasteiger partial charge in [0.05, 0.1) is 12.9 Å². The number of rotatable bonds is 5. The normalized spacial score (nSPS) is 30.3. The number of hydrogen-bond donors (Lipinski definition) is 2. The van der Waals surface area contributed by atoms with E-state index in [4.69, 9.17) is 25.7 Å². The number of fused-ring (bicyclic) bond motifs is 2. The Hall–Kier alpha value is -1.85. The van der Waals surface area contributed by atoms with E-state index in [1.54, 1.807) is 6.33 Å². The van der Waals surface area contributed by atoms with E-state index in [0.717, 1.165) is 6.54 Å². The second-order valence-corrected chi connectivity index (χ2v) is 7.33. The first-order chi connectivity index (χ1) is 12.4. The van der Waals surface area contributed by atoms with Gasteiger partial charge in [-0.05, 0) is 20.9 Å². The number of nitrogen functional groups attached to an aromatic ring is 1. The summed E-state index contributed by atoms with van der Waals surface area (Å²) in [6.07, 6.45) is 2.62. The summed E-state index contributed by atoms with van der Waals surface area (Å²) in [7, 11) is 2.01. The minimum atomic E-state index is -0.854. The molecule has 0 amide bonds. The van der Waals surface area contributed by atoms with Crippen molar-refractivity contribution in [3.63, 3.8) is 0 Å². The first-order valence-corrected chi connectivity index (χ1v) is 8.68. The molecular formula is C16H25N7O3. The maximum absolute atomic E-state index is 6.36. The number of ether oxygens (including phenoxy) is 3. The highest BCUT2D eigenvalue weighted by molar-refractivity contribution is 5.81. The van der Waals surface area contributed by atoms with Crippen molar-refractivity contribution in [2.24, 2.45) is 5.73 Å². The van der Waals surface area contributed by atoms with E-state index in [-0.39, 0.29) is 12.2 Å².